The van der Waals surface area contributed by atoms with Crippen LogP contribution in [0.5, 0.6) is 11.5 Å². The maximum atomic E-state index is 5.93. The molecule has 0 amide bonds. The molecule has 0 fully saturated rings. The predicted octanol–water partition coefficient (Wildman–Crippen LogP) is 4.01. The summed E-state index contributed by atoms with van der Waals surface area (Å²) < 4.78 is 13.9. The van der Waals surface area contributed by atoms with Crippen LogP contribution in [0.15, 0.2) is 58.2 Å². The summed E-state index contributed by atoms with van der Waals surface area (Å²) in [6, 6.07) is 13.6. The van der Waals surface area contributed by atoms with Crippen LogP contribution < -0.4 is 15.2 Å². The molecule has 0 spiro atoms. The van der Waals surface area contributed by atoms with Crippen LogP contribution in [-0.4, -0.2) is 23.0 Å². The molecule has 26 heavy (non-hydrogen) atoms. The summed E-state index contributed by atoms with van der Waals surface area (Å²) in [7, 11) is 1.62. The summed E-state index contributed by atoms with van der Waals surface area (Å²) >= 11 is 3.43. The quantitative estimate of drug-likeness (QED) is 0.618. The lowest BCUT2D eigenvalue weighted by atomic mass is 10.2. The van der Waals surface area contributed by atoms with Crippen molar-refractivity contribution in [2.75, 3.05) is 12.8 Å². The fraction of sp³-hybridized carbons (Fsp3) is 0.158. The summed E-state index contributed by atoms with van der Waals surface area (Å²) in [5.41, 5.74) is 8.54. The number of nitrogen functional groups attached to an aromatic ring is 1. The number of imidazole rings is 1. The first-order valence-corrected chi connectivity index (χ1v) is 8.75. The summed E-state index contributed by atoms with van der Waals surface area (Å²) in [6.45, 7) is 2.31. The van der Waals surface area contributed by atoms with E-state index in [4.69, 9.17) is 15.2 Å². The molecular formula is C19H19BrN4O2. The lowest BCUT2D eigenvalue weighted by molar-refractivity contribution is 0.284. The number of hydrogen-bond donors (Lipinski definition) is 1. The van der Waals surface area contributed by atoms with E-state index in [9.17, 15) is 0 Å². The molecule has 3 aromatic rings. The molecule has 0 unspecified atom stereocenters. The number of ether oxygens (including phenoxy) is 2. The number of anilines is 1. The zero-order chi connectivity index (χ0) is 18.5. The summed E-state index contributed by atoms with van der Waals surface area (Å²) in [4.78, 5) is 4.12. The molecule has 0 aliphatic heterocycles. The van der Waals surface area contributed by atoms with Crippen molar-refractivity contribution in [2.45, 2.75) is 13.5 Å². The lowest BCUT2D eigenvalue weighted by Gasteiger charge is -2.11. The second-order valence-electron chi connectivity index (χ2n) is 5.66. The van der Waals surface area contributed by atoms with Gasteiger partial charge in [0.1, 0.15) is 6.61 Å². The van der Waals surface area contributed by atoms with E-state index in [2.05, 4.69) is 26.0 Å². The Morgan fingerprint density at radius 2 is 1.96 bits per heavy atom. The summed E-state index contributed by atoms with van der Waals surface area (Å²) in [5, 5.41) is 4.32. The largest absolute Gasteiger partial charge is 0.493 e. The minimum Gasteiger partial charge on any atom is -0.493 e. The molecule has 134 valence electrons. The number of nitrogens with two attached hydrogens (primary N) is 1. The lowest BCUT2D eigenvalue weighted by Crippen LogP contribution is -1.99. The number of aromatic nitrogens is 2. The van der Waals surface area contributed by atoms with Crippen LogP contribution in [0.1, 0.15) is 16.8 Å². The molecule has 7 heteroatoms. The van der Waals surface area contributed by atoms with E-state index >= 15 is 0 Å². The second-order valence-corrected chi connectivity index (χ2v) is 6.57. The number of rotatable bonds is 6. The fourth-order valence-corrected chi connectivity index (χ4v) is 2.62. The molecule has 2 N–H and O–H groups in total. The average Bonchev–Trinajstić information content (AvgIpc) is 2.97. The molecule has 0 atom stereocenters. The van der Waals surface area contributed by atoms with Crippen molar-refractivity contribution in [3.05, 3.63) is 70.0 Å². The zero-order valence-corrected chi connectivity index (χ0v) is 16.1. The Hall–Kier alpha value is -2.80. The third-order valence-corrected chi connectivity index (χ3v) is 4.19. The molecule has 2 aromatic carbocycles. The van der Waals surface area contributed by atoms with Gasteiger partial charge in [-0.1, -0.05) is 28.1 Å². The SMILES string of the molecule is COc1ccc(C=Nn2cc(C)nc2N)cc1OCc1ccc(Br)cc1. The highest BCUT2D eigenvalue weighted by Gasteiger charge is 2.06. The van der Waals surface area contributed by atoms with Crippen LogP contribution in [0, 0.1) is 6.92 Å². The van der Waals surface area contributed by atoms with Gasteiger partial charge in [0.25, 0.3) is 0 Å². The van der Waals surface area contributed by atoms with E-state index in [1.807, 2.05) is 49.4 Å². The molecule has 0 saturated carbocycles. The minimum atomic E-state index is 0.346. The van der Waals surface area contributed by atoms with Crippen molar-refractivity contribution in [3.63, 3.8) is 0 Å². The van der Waals surface area contributed by atoms with Crippen LogP contribution in [0.25, 0.3) is 0 Å². The maximum absolute atomic E-state index is 5.93. The molecule has 0 radical (unpaired) electrons. The normalized spacial score (nSPS) is 11.0. The van der Waals surface area contributed by atoms with Gasteiger partial charge in [0.2, 0.25) is 5.95 Å². The fourth-order valence-electron chi connectivity index (χ4n) is 2.35. The molecule has 0 saturated heterocycles. The van der Waals surface area contributed by atoms with Gasteiger partial charge in [0.05, 0.1) is 25.2 Å². The van der Waals surface area contributed by atoms with Gasteiger partial charge in [-0.3, -0.25) is 0 Å². The number of aryl methyl sites for hydroxylation is 1. The molecular weight excluding hydrogens is 396 g/mol. The first-order valence-electron chi connectivity index (χ1n) is 7.96. The van der Waals surface area contributed by atoms with Crippen molar-refractivity contribution in [1.82, 2.24) is 9.66 Å². The zero-order valence-electron chi connectivity index (χ0n) is 14.5. The van der Waals surface area contributed by atoms with Crippen LogP contribution in [0.2, 0.25) is 0 Å². The van der Waals surface area contributed by atoms with Crippen LogP contribution >= 0.6 is 15.9 Å². The standard InChI is InChI=1S/C19H19BrN4O2/c1-13-11-24(19(21)23-13)22-10-15-5-8-17(25-2)18(9-15)26-12-14-3-6-16(20)7-4-14/h3-11H,12H2,1-2H3,(H2,21,23). The molecule has 1 aromatic heterocycles. The molecule has 0 aliphatic rings. The van der Waals surface area contributed by atoms with Gasteiger partial charge in [-0.2, -0.15) is 5.10 Å². The van der Waals surface area contributed by atoms with Gasteiger partial charge in [0, 0.05) is 4.47 Å². The van der Waals surface area contributed by atoms with Crippen molar-refractivity contribution in [2.24, 2.45) is 5.10 Å². The molecule has 1 heterocycles. The Kier molecular flexibility index (Phi) is 5.58. The number of methoxy groups -OCH3 is 1. The molecule has 6 nitrogen and oxygen atoms in total. The van der Waals surface area contributed by atoms with Crippen molar-refractivity contribution < 1.29 is 9.47 Å². The van der Waals surface area contributed by atoms with E-state index in [-0.39, 0.29) is 0 Å². The van der Waals surface area contributed by atoms with Gasteiger partial charge in [-0.25, -0.2) is 9.66 Å². The first-order chi connectivity index (χ1) is 12.5. The Balaban J connectivity index is 1.77. The van der Waals surface area contributed by atoms with Crippen LogP contribution in [0.3, 0.4) is 0 Å². The van der Waals surface area contributed by atoms with Gasteiger partial charge in [0.15, 0.2) is 11.5 Å². The smallest absolute Gasteiger partial charge is 0.221 e. The van der Waals surface area contributed by atoms with E-state index in [0.29, 0.717) is 24.1 Å². The predicted molar refractivity (Wildman–Crippen MR) is 106 cm³/mol. The maximum Gasteiger partial charge on any atom is 0.221 e. The number of hydrogen-bond acceptors (Lipinski definition) is 5. The van der Waals surface area contributed by atoms with Gasteiger partial charge < -0.3 is 15.2 Å². The number of halogens is 1. The highest BCUT2D eigenvalue weighted by atomic mass is 79.9. The highest BCUT2D eigenvalue weighted by Crippen LogP contribution is 2.28. The number of nitrogens with zero attached hydrogens (tertiary/aromatic N) is 3. The van der Waals surface area contributed by atoms with Crippen molar-refractivity contribution >= 4 is 28.1 Å². The molecule has 0 aliphatic carbocycles. The Morgan fingerprint density at radius 3 is 2.62 bits per heavy atom. The van der Waals surface area contributed by atoms with Crippen molar-refractivity contribution in [3.8, 4) is 11.5 Å². The van der Waals surface area contributed by atoms with Gasteiger partial charge >= 0.3 is 0 Å². The minimum absolute atomic E-state index is 0.346. The second kappa shape index (κ2) is 8.05. The first kappa shape index (κ1) is 18.0. The third kappa shape index (κ3) is 4.43. The summed E-state index contributed by atoms with van der Waals surface area (Å²) in [6.07, 6.45) is 3.46. The van der Waals surface area contributed by atoms with E-state index in [1.54, 1.807) is 19.5 Å². The summed E-state index contributed by atoms with van der Waals surface area (Å²) in [5.74, 6) is 1.66. The van der Waals surface area contributed by atoms with E-state index in [1.165, 1.54) is 4.68 Å². The average molecular weight is 415 g/mol. The Morgan fingerprint density at radius 1 is 1.19 bits per heavy atom. The van der Waals surface area contributed by atoms with E-state index < -0.39 is 0 Å². The number of benzene rings is 2. The third-order valence-electron chi connectivity index (χ3n) is 3.66. The topological polar surface area (TPSA) is 74.7 Å². The van der Waals surface area contributed by atoms with Crippen LogP contribution in [-0.2, 0) is 6.61 Å². The van der Waals surface area contributed by atoms with Crippen LogP contribution in [0.4, 0.5) is 5.95 Å². The van der Waals surface area contributed by atoms with Crippen molar-refractivity contribution in [1.29, 1.82) is 0 Å². The van der Waals surface area contributed by atoms with E-state index in [0.717, 1.165) is 21.3 Å². The molecule has 3 rings (SSSR count). The van der Waals surface area contributed by atoms with Gasteiger partial charge in [-0.15, -0.1) is 0 Å². The highest BCUT2D eigenvalue weighted by molar-refractivity contribution is 9.10. The Labute approximate surface area is 160 Å². The monoisotopic (exact) mass is 414 g/mol. The van der Waals surface area contributed by atoms with Gasteiger partial charge in [-0.05, 0) is 48.4 Å². The Bertz CT molecular complexity index is 920. The molecule has 0 bridgehead atoms.